The van der Waals surface area contributed by atoms with E-state index >= 15 is 0 Å². The van der Waals surface area contributed by atoms with E-state index in [1.54, 1.807) is 17.8 Å². The summed E-state index contributed by atoms with van der Waals surface area (Å²) >= 11 is 1.55. The molecule has 1 unspecified atom stereocenters. The molecule has 2 aromatic rings. The number of rotatable bonds is 12. The van der Waals surface area contributed by atoms with Crippen molar-refractivity contribution in [2.75, 3.05) is 26.2 Å². The zero-order chi connectivity index (χ0) is 29.4. The maximum Gasteiger partial charge on any atom is 0.416 e. The van der Waals surface area contributed by atoms with Crippen LogP contribution in [0.4, 0.5) is 13.2 Å². The van der Waals surface area contributed by atoms with Gasteiger partial charge in [-0.2, -0.15) is 13.2 Å². The fraction of sp³-hybridized carbons (Fsp3) is 0.484. The van der Waals surface area contributed by atoms with E-state index in [1.807, 2.05) is 32.3 Å². The zero-order valence-electron chi connectivity index (χ0n) is 23.5. The summed E-state index contributed by atoms with van der Waals surface area (Å²) in [5.41, 5.74) is 7.91. The predicted molar refractivity (Wildman–Crippen MR) is 158 cm³/mol. The largest absolute Gasteiger partial charge is 0.416 e. The molecule has 4 rings (SSSR count). The van der Waals surface area contributed by atoms with E-state index < -0.39 is 23.6 Å². The zero-order valence-corrected chi connectivity index (χ0v) is 24.3. The average Bonchev–Trinajstić information content (AvgIpc) is 3.16. The van der Waals surface area contributed by atoms with Crippen molar-refractivity contribution >= 4 is 30.9 Å². The van der Waals surface area contributed by atoms with Crippen LogP contribution < -0.4 is 11.1 Å². The van der Waals surface area contributed by atoms with Crippen LogP contribution in [0.1, 0.15) is 61.1 Å². The third-order valence-corrected chi connectivity index (χ3v) is 9.09. The molecule has 219 valence electrons. The van der Waals surface area contributed by atoms with Crippen molar-refractivity contribution in [3.05, 3.63) is 70.8 Å². The summed E-state index contributed by atoms with van der Waals surface area (Å²) < 4.78 is 40.6. The highest BCUT2D eigenvalue weighted by atomic mass is 32.2. The quantitative estimate of drug-likeness (QED) is 0.228. The van der Waals surface area contributed by atoms with Crippen LogP contribution in [-0.4, -0.2) is 50.2 Å². The second kappa shape index (κ2) is 14.5. The van der Waals surface area contributed by atoms with Gasteiger partial charge in [-0.1, -0.05) is 54.8 Å². The van der Waals surface area contributed by atoms with Crippen LogP contribution in [-0.2, 0) is 15.8 Å². The lowest BCUT2D eigenvalue weighted by Crippen LogP contribution is -2.34. The van der Waals surface area contributed by atoms with E-state index in [-0.39, 0.29) is 18.2 Å². The Balaban J connectivity index is 1.28. The van der Waals surface area contributed by atoms with Crippen molar-refractivity contribution in [3.63, 3.8) is 0 Å². The Morgan fingerprint density at radius 2 is 1.93 bits per heavy atom. The summed E-state index contributed by atoms with van der Waals surface area (Å²) in [6.45, 7) is 5.14. The minimum Gasteiger partial charge on any atom is -0.370 e. The molecule has 5 nitrogen and oxygen atoms in total. The smallest absolute Gasteiger partial charge is 0.370 e. The maximum atomic E-state index is 13.5. The molecule has 0 saturated carbocycles. The van der Waals surface area contributed by atoms with Gasteiger partial charge < -0.3 is 16.0 Å². The Morgan fingerprint density at radius 3 is 2.68 bits per heavy atom. The number of nitrogens with one attached hydrogen (secondary N) is 1. The Hall–Kier alpha value is -2.72. The number of primary amides is 1. The average molecular weight is 585 g/mol. The number of nitrogens with two attached hydrogens (primary N) is 1. The van der Waals surface area contributed by atoms with Crippen molar-refractivity contribution in [2.45, 2.75) is 73.6 Å². The van der Waals surface area contributed by atoms with Gasteiger partial charge >= 0.3 is 6.18 Å². The monoisotopic (exact) mass is 584 g/mol. The van der Waals surface area contributed by atoms with Gasteiger partial charge in [-0.3, -0.25) is 9.59 Å². The number of nitrogens with zero attached hydrogens (tertiary/aromatic N) is 1. The van der Waals surface area contributed by atoms with Gasteiger partial charge in [-0.15, -0.1) is 0 Å². The van der Waals surface area contributed by atoms with Gasteiger partial charge in [-0.05, 0) is 74.0 Å². The van der Waals surface area contributed by atoms with Gasteiger partial charge in [0, 0.05) is 47.7 Å². The number of carbonyl (C=O) groups excluding carboxylic acids is 2. The predicted octanol–water partition coefficient (Wildman–Crippen LogP) is 6.27. The molecule has 2 heterocycles. The molecule has 41 heavy (non-hydrogen) atoms. The third-order valence-electron chi connectivity index (χ3n) is 7.91. The second-order valence-electron chi connectivity index (χ2n) is 10.9. The maximum absolute atomic E-state index is 13.5. The molecule has 0 fully saturated rings. The molecule has 0 spiro atoms. The molecule has 2 aromatic carbocycles. The summed E-state index contributed by atoms with van der Waals surface area (Å²) in [6, 6.07) is 12.2. The molecule has 3 N–H and O–H groups in total. The van der Waals surface area contributed by atoms with Crippen LogP contribution in [0.2, 0.25) is 13.1 Å². The van der Waals surface area contributed by atoms with Crippen molar-refractivity contribution in [3.8, 4) is 0 Å². The first kappa shape index (κ1) is 31.2. The number of hydrogen-bond acceptors (Lipinski definition) is 4. The summed E-state index contributed by atoms with van der Waals surface area (Å²) in [4.78, 5) is 28.2. The van der Waals surface area contributed by atoms with Gasteiger partial charge in [0.25, 0.3) is 0 Å². The highest BCUT2D eigenvalue weighted by Gasteiger charge is 2.34. The van der Waals surface area contributed by atoms with Crippen LogP contribution in [0, 0.1) is 5.92 Å². The molecule has 10 heteroatoms. The molecule has 1 radical (unpaired) electrons. The molecular weight excluding hydrogens is 546 g/mol. The summed E-state index contributed by atoms with van der Waals surface area (Å²) in [5, 5.41) is 2.96. The van der Waals surface area contributed by atoms with Crippen LogP contribution in [0.15, 0.2) is 63.9 Å². The number of fused-ring (bicyclic) bond motifs is 2. The van der Waals surface area contributed by atoms with Crippen molar-refractivity contribution < 1.29 is 22.8 Å². The Morgan fingerprint density at radius 1 is 1.15 bits per heavy atom. The molecule has 0 aromatic heterocycles. The van der Waals surface area contributed by atoms with Crippen LogP contribution in [0.25, 0.3) is 0 Å². The fourth-order valence-corrected chi connectivity index (χ4v) is 6.95. The first-order valence-electron chi connectivity index (χ1n) is 14.4. The van der Waals surface area contributed by atoms with Gasteiger partial charge in [0.1, 0.15) is 7.28 Å². The molecule has 0 saturated heterocycles. The van der Waals surface area contributed by atoms with Gasteiger partial charge in [-0.25, -0.2) is 0 Å². The Bertz CT molecular complexity index is 1250. The minimum absolute atomic E-state index is 0.0498. The number of carbonyl (C=O) groups is 2. The standard InChI is InChI=1S/C31H38BF3N3O2S/c1-32-20-22(18-29(36)39)30(40)37-14-12-21-6-4-15-38(17-13-21)16-5-8-24-25-7-2-3-9-27(25)41-28-11-10-23(19-26(24)28)31(33,34)35/h2-3,6-7,9-11,19,22,24H,4-5,8,12-18,20H2,1H3,(H2,36,39)(H,37,40)/t22-,24?/m1/s1. The lowest BCUT2D eigenvalue weighted by molar-refractivity contribution is -0.137. The van der Waals surface area contributed by atoms with Crippen molar-refractivity contribution in [1.29, 1.82) is 0 Å². The van der Waals surface area contributed by atoms with Crippen LogP contribution in [0.5, 0.6) is 0 Å². The molecule has 2 aliphatic rings. The normalized spacial score (nSPS) is 18.0. The number of benzene rings is 2. The van der Waals surface area contributed by atoms with Crippen LogP contribution >= 0.6 is 11.8 Å². The molecule has 0 aliphatic carbocycles. The highest BCUT2D eigenvalue weighted by Crippen LogP contribution is 2.48. The minimum atomic E-state index is -4.36. The van der Waals surface area contributed by atoms with E-state index in [9.17, 15) is 22.8 Å². The fourth-order valence-electron chi connectivity index (χ4n) is 5.79. The first-order valence-corrected chi connectivity index (χ1v) is 15.2. The molecule has 0 bridgehead atoms. The van der Waals surface area contributed by atoms with Crippen LogP contribution in [0.3, 0.4) is 0 Å². The summed E-state index contributed by atoms with van der Waals surface area (Å²) in [7, 11) is 1.88. The van der Waals surface area contributed by atoms with Gasteiger partial charge in [0.05, 0.1) is 5.56 Å². The second-order valence-corrected chi connectivity index (χ2v) is 12.0. The number of hydrogen-bond donors (Lipinski definition) is 2. The Labute approximate surface area is 245 Å². The van der Waals surface area contributed by atoms with Gasteiger partial charge in [0.15, 0.2) is 0 Å². The number of amides is 2. The molecular formula is C31H38BF3N3O2S. The Kier molecular flexibility index (Phi) is 11.0. The van der Waals surface area contributed by atoms with Gasteiger partial charge in [0.2, 0.25) is 11.8 Å². The number of alkyl halides is 3. The highest BCUT2D eigenvalue weighted by molar-refractivity contribution is 7.99. The molecule has 2 aliphatic heterocycles. The van der Waals surface area contributed by atoms with E-state index in [0.29, 0.717) is 12.9 Å². The van der Waals surface area contributed by atoms with E-state index in [4.69, 9.17) is 5.73 Å². The van der Waals surface area contributed by atoms with E-state index in [1.165, 1.54) is 17.7 Å². The topological polar surface area (TPSA) is 75.4 Å². The summed E-state index contributed by atoms with van der Waals surface area (Å²) in [5.74, 6) is -1.08. The molecule has 2 amide bonds. The molecule has 2 atom stereocenters. The first-order chi connectivity index (χ1) is 19.7. The van der Waals surface area contributed by atoms with Crippen molar-refractivity contribution in [1.82, 2.24) is 10.2 Å². The van der Waals surface area contributed by atoms with E-state index in [0.717, 1.165) is 72.7 Å². The lowest BCUT2D eigenvalue weighted by atomic mass is 9.71. The van der Waals surface area contributed by atoms with E-state index in [2.05, 4.69) is 22.4 Å². The lowest BCUT2D eigenvalue weighted by Gasteiger charge is -2.29. The third kappa shape index (κ3) is 8.64. The SMILES string of the molecule is C[B]C[C@@H](CC(N)=O)C(=O)NCCC1=CCCN(CCCC2c3ccccc3Sc3ccc(C(F)(F)F)cc32)CC1. The number of halogens is 3. The summed E-state index contributed by atoms with van der Waals surface area (Å²) in [6.07, 6.45) is 2.77. The van der Waals surface area contributed by atoms with Crippen molar-refractivity contribution in [2.24, 2.45) is 11.7 Å².